The van der Waals surface area contributed by atoms with Gasteiger partial charge in [0, 0.05) is 38.3 Å². The summed E-state index contributed by atoms with van der Waals surface area (Å²) in [7, 11) is 1.94. The molecule has 0 spiro atoms. The Balaban J connectivity index is 1.38. The van der Waals surface area contributed by atoms with Crippen LogP contribution in [0.25, 0.3) is 16.7 Å². The van der Waals surface area contributed by atoms with Crippen molar-refractivity contribution in [3.05, 3.63) is 48.3 Å². The lowest BCUT2D eigenvalue weighted by atomic mass is 10.1. The zero-order chi connectivity index (χ0) is 18.2. The molecule has 0 aliphatic heterocycles. The molecule has 27 heavy (non-hydrogen) atoms. The van der Waals surface area contributed by atoms with Gasteiger partial charge in [0.25, 0.3) is 0 Å². The number of aromatic nitrogens is 6. The zero-order valence-electron chi connectivity index (χ0n) is 15.5. The number of pyridine rings is 1. The molecule has 4 heterocycles. The third-order valence-corrected chi connectivity index (χ3v) is 5.42. The van der Waals surface area contributed by atoms with Crippen LogP contribution in [-0.2, 0) is 13.5 Å². The van der Waals surface area contributed by atoms with Crippen LogP contribution in [0.2, 0.25) is 0 Å². The lowest BCUT2D eigenvalue weighted by Crippen LogP contribution is -2.10. The van der Waals surface area contributed by atoms with E-state index in [-0.39, 0.29) is 0 Å². The molecule has 0 saturated heterocycles. The van der Waals surface area contributed by atoms with Gasteiger partial charge in [0.2, 0.25) is 0 Å². The molecule has 138 valence electrons. The lowest BCUT2D eigenvalue weighted by Gasteiger charge is -2.12. The fourth-order valence-corrected chi connectivity index (χ4v) is 3.96. The van der Waals surface area contributed by atoms with Gasteiger partial charge in [0.15, 0.2) is 5.65 Å². The van der Waals surface area contributed by atoms with E-state index in [4.69, 9.17) is 9.97 Å². The van der Waals surface area contributed by atoms with E-state index in [1.54, 1.807) is 0 Å². The first-order valence-corrected chi connectivity index (χ1v) is 9.64. The average molecular weight is 361 g/mol. The summed E-state index contributed by atoms with van der Waals surface area (Å²) in [6.45, 7) is 0.773. The highest BCUT2D eigenvalue weighted by Crippen LogP contribution is 2.34. The van der Waals surface area contributed by atoms with Crippen molar-refractivity contribution < 1.29 is 0 Å². The molecule has 4 aromatic rings. The number of nitrogens with one attached hydrogen (secondary N) is 1. The lowest BCUT2D eigenvalue weighted by molar-refractivity contribution is 0.667. The number of rotatable bonds is 5. The van der Waals surface area contributed by atoms with Crippen molar-refractivity contribution in [3.8, 4) is 0 Å². The van der Waals surface area contributed by atoms with Crippen LogP contribution in [-0.4, -0.2) is 35.7 Å². The van der Waals surface area contributed by atoms with Crippen LogP contribution in [0.15, 0.2) is 36.8 Å². The Morgan fingerprint density at radius 3 is 2.89 bits per heavy atom. The highest BCUT2D eigenvalue weighted by Gasteiger charge is 2.22. The van der Waals surface area contributed by atoms with E-state index in [1.807, 2.05) is 42.3 Å². The average Bonchev–Trinajstić information content (AvgIpc) is 3.41. The third-order valence-electron chi connectivity index (χ3n) is 5.42. The van der Waals surface area contributed by atoms with Crippen molar-refractivity contribution in [2.45, 2.75) is 38.0 Å². The number of imidazole rings is 1. The van der Waals surface area contributed by atoms with Gasteiger partial charge in [-0.1, -0.05) is 18.9 Å². The zero-order valence-corrected chi connectivity index (χ0v) is 15.5. The van der Waals surface area contributed by atoms with Crippen molar-refractivity contribution in [2.75, 3.05) is 11.9 Å². The normalized spacial score (nSPS) is 15.1. The van der Waals surface area contributed by atoms with E-state index in [0.717, 1.165) is 47.0 Å². The summed E-state index contributed by atoms with van der Waals surface area (Å²) in [5, 5.41) is 8.86. The van der Waals surface area contributed by atoms with Crippen LogP contribution >= 0.6 is 0 Å². The summed E-state index contributed by atoms with van der Waals surface area (Å²) in [4.78, 5) is 14.3. The summed E-state index contributed by atoms with van der Waals surface area (Å²) < 4.78 is 3.89. The molecule has 1 N–H and O–H groups in total. The second-order valence-electron chi connectivity index (χ2n) is 7.29. The number of aryl methyl sites for hydroxylation is 1. The summed E-state index contributed by atoms with van der Waals surface area (Å²) >= 11 is 0. The molecule has 0 aromatic carbocycles. The van der Waals surface area contributed by atoms with Crippen molar-refractivity contribution in [1.29, 1.82) is 0 Å². The fourth-order valence-electron chi connectivity index (χ4n) is 3.96. The van der Waals surface area contributed by atoms with Gasteiger partial charge in [0.05, 0.1) is 17.3 Å². The smallest absolute Gasteiger partial charge is 0.163 e. The van der Waals surface area contributed by atoms with E-state index < -0.39 is 0 Å². The van der Waals surface area contributed by atoms with Crippen molar-refractivity contribution in [3.63, 3.8) is 0 Å². The first kappa shape index (κ1) is 16.2. The van der Waals surface area contributed by atoms with Gasteiger partial charge in [0.1, 0.15) is 17.3 Å². The molecule has 0 amide bonds. The molecule has 1 aliphatic carbocycles. The third kappa shape index (κ3) is 3.03. The van der Waals surface area contributed by atoms with Crippen LogP contribution < -0.4 is 5.32 Å². The molecule has 0 bridgehead atoms. The molecule has 4 aromatic heterocycles. The highest BCUT2D eigenvalue weighted by molar-refractivity contribution is 5.86. The molecule has 7 heteroatoms. The van der Waals surface area contributed by atoms with Crippen molar-refractivity contribution >= 4 is 22.5 Å². The minimum atomic E-state index is 0.475. The van der Waals surface area contributed by atoms with E-state index >= 15 is 0 Å². The van der Waals surface area contributed by atoms with Gasteiger partial charge >= 0.3 is 0 Å². The SMILES string of the molecule is Cn1ncc2c(NCCc3cn4ccccc4n3)nc(C3CCCC3)nc21. The summed E-state index contributed by atoms with van der Waals surface area (Å²) in [6, 6.07) is 6.05. The summed E-state index contributed by atoms with van der Waals surface area (Å²) in [5.74, 6) is 2.32. The van der Waals surface area contributed by atoms with Gasteiger partial charge in [-0.2, -0.15) is 5.10 Å². The molecule has 5 rings (SSSR count). The van der Waals surface area contributed by atoms with Gasteiger partial charge in [-0.3, -0.25) is 4.68 Å². The van der Waals surface area contributed by atoms with Crippen molar-refractivity contribution in [2.24, 2.45) is 7.05 Å². The topological polar surface area (TPSA) is 72.9 Å². The van der Waals surface area contributed by atoms with Gasteiger partial charge in [-0.15, -0.1) is 0 Å². The van der Waals surface area contributed by atoms with Gasteiger partial charge < -0.3 is 9.72 Å². The van der Waals surface area contributed by atoms with E-state index in [1.165, 1.54) is 25.7 Å². The Bertz CT molecular complexity index is 1060. The number of nitrogens with zero attached hydrogens (tertiary/aromatic N) is 6. The summed E-state index contributed by atoms with van der Waals surface area (Å²) in [5.41, 5.74) is 2.95. The molecule has 0 atom stereocenters. The monoisotopic (exact) mass is 361 g/mol. The van der Waals surface area contributed by atoms with Crippen LogP contribution in [0.4, 0.5) is 5.82 Å². The van der Waals surface area contributed by atoms with E-state index in [0.29, 0.717) is 5.92 Å². The molecule has 0 unspecified atom stereocenters. The van der Waals surface area contributed by atoms with Crippen LogP contribution in [0.5, 0.6) is 0 Å². The van der Waals surface area contributed by atoms with E-state index in [2.05, 4.69) is 26.0 Å². The first-order valence-electron chi connectivity index (χ1n) is 9.64. The van der Waals surface area contributed by atoms with E-state index in [9.17, 15) is 0 Å². The number of hydrogen-bond donors (Lipinski definition) is 1. The molecule has 1 saturated carbocycles. The maximum Gasteiger partial charge on any atom is 0.163 e. The largest absolute Gasteiger partial charge is 0.369 e. The van der Waals surface area contributed by atoms with Crippen LogP contribution in [0.1, 0.15) is 43.1 Å². The minimum absolute atomic E-state index is 0.475. The quantitative estimate of drug-likeness (QED) is 0.590. The minimum Gasteiger partial charge on any atom is -0.369 e. The second kappa shape index (κ2) is 6.64. The fraction of sp³-hybridized carbons (Fsp3) is 0.400. The second-order valence-corrected chi connectivity index (χ2v) is 7.29. The van der Waals surface area contributed by atoms with Crippen LogP contribution in [0.3, 0.4) is 0 Å². The Kier molecular flexibility index (Phi) is 3.99. The first-order chi connectivity index (χ1) is 13.3. The Labute approximate surface area is 157 Å². The highest BCUT2D eigenvalue weighted by atomic mass is 15.3. The standard InChI is InChI=1S/C20H23N7/c1-26-20-16(12-22-26)19(24-18(25-20)14-6-2-3-7-14)21-10-9-15-13-27-11-5-4-8-17(27)23-15/h4-5,8,11-14H,2-3,6-7,9-10H2,1H3,(H,21,24,25). The van der Waals surface area contributed by atoms with Crippen LogP contribution in [0, 0.1) is 0 Å². The van der Waals surface area contributed by atoms with Crippen molar-refractivity contribution in [1.82, 2.24) is 29.1 Å². The Morgan fingerprint density at radius 2 is 2.04 bits per heavy atom. The van der Waals surface area contributed by atoms with Gasteiger partial charge in [-0.25, -0.2) is 15.0 Å². The molecular formula is C20H23N7. The number of fused-ring (bicyclic) bond motifs is 2. The molecular weight excluding hydrogens is 338 g/mol. The predicted molar refractivity (Wildman–Crippen MR) is 105 cm³/mol. The maximum absolute atomic E-state index is 4.87. The Morgan fingerprint density at radius 1 is 1.15 bits per heavy atom. The molecule has 7 nitrogen and oxygen atoms in total. The molecule has 1 fully saturated rings. The molecule has 1 aliphatic rings. The number of anilines is 1. The van der Waals surface area contributed by atoms with Gasteiger partial charge in [-0.05, 0) is 25.0 Å². The maximum atomic E-state index is 4.87. The molecule has 0 radical (unpaired) electrons. The summed E-state index contributed by atoms with van der Waals surface area (Å²) in [6.07, 6.45) is 11.7. The predicted octanol–water partition coefficient (Wildman–Crippen LogP) is 3.32. The Hall–Kier alpha value is -2.96. The number of hydrogen-bond acceptors (Lipinski definition) is 5.